The molecule has 0 saturated carbocycles. The van der Waals surface area contributed by atoms with E-state index in [0.29, 0.717) is 19.3 Å². The summed E-state index contributed by atoms with van der Waals surface area (Å²) >= 11 is 6.68. The Morgan fingerprint density at radius 1 is 1.11 bits per heavy atom. The van der Waals surface area contributed by atoms with Crippen LogP contribution in [0.2, 0.25) is 0 Å². The summed E-state index contributed by atoms with van der Waals surface area (Å²) in [5, 5.41) is 10.7. The number of hydrogen-bond donors (Lipinski definition) is 1. The normalized spacial score (nSPS) is 13.9. The van der Waals surface area contributed by atoms with Gasteiger partial charge in [0.05, 0.1) is 5.60 Å². The zero-order valence-corrected chi connectivity index (χ0v) is 13.5. The molecular formula is C15H18Br2O. The molecule has 1 aromatic carbocycles. The largest absolute Gasteiger partial charge is 0.389 e. The van der Waals surface area contributed by atoms with Crippen molar-refractivity contribution in [2.45, 2.75) is 31.3 Å². The number of aliphatic hydroxyl groups is 1. The molecule has 18 heavy (non-hydrogen) atoms. The smallest absolute Gasteiger partial charge is 0.0736 e. The molecule has 98 valence electrons. The molecule has 1 nitrogen and oxygen atoms in total. The Bertz CT molecular complexity index is 414. The van der Waals surface area contributed by atoms with Crippen LogP contribution in [-0.2, 0) is 6.42 Å². The van der Waals surface area contributed by atoms with Gasteiger partial charge in [0.25, 0.3) is 0 Å². The lowest BCUT2D eigenvalue weighted by Crippen LogP contribution is -2.31. The van der Waals surface area contributed by atoms with Gasteiger partial charge in [0.1, 0.15) is 0 Å². The monoisotopic (exact) mass is 372 g/mol. The zero-order chi connectivity index (χ0) is 13.6. The summed E-state index contributed by atoms with van der Waals surface area (Å²) < 4.78 is 1.73. The lowest BCUT2D eigenvalue weighted by atomic mass is 9.87. The van der Waals surface area contributed by atoms with E-state index < -0.39 is 5.60 Å². The first kappa shape index (κ1) is 15.7. The second-order valence-electron chi connectivity index (χ2n) is 4.60. The highest BCUT2D eigenvalue weighted by atomic mass is 79.9. The summed E-state index contributed by atoms with van der Waals surface area (Å²) in [7, 11) is 0. The van der Waals surface area contributed by atoms with Crippen LogP contribution in [0.15, 0.2) is 52.5 Å². The second kappa shape index (κ2) is 7.27. The Kier molecular flexibility index (Phi) is 6.33. The molecule has 0 bridgehead atoms. The highest BCUT2D eigenvalue weighted by Crippen LogP contribution is 2.30. The summed E-state index contributed by atoms with van der Waals surface area (Å²) in [6.45, 7) is 7.65. The minimum atomic E-state index is -0.779. The van der Waals surface area contributed by atoms with Crippen molar-refractivity contribution in [1.82, 2.24) is 0 Å². The van der Waals surface area contributed by atoms with Crippen molar-refractivity contribution in [2.75, 3.05) is 0 Å². The van der Waals surface area contributed by atoms with Gasteiger partial charge < -0.3 is 5.11 Å². The molecule has 0 spiro atoms. The van der Waals surface area contributed by atoms with E-state index in [9.17, 15) is 5.11 Å². The first-order valence-electron chi connectivity index (χ1n) is 5.84. The Hall–Kier alpha value is -0.380. The third kappa shape index (κ3) is 5.98. The molecule has 0 amide bonds. The molecule has 1 atom stereocenters. The topological polar surface area (TPSA) is 20.2 Å². The van der Waals surface area contributed by atoms with Crippen molar-refractivity contribution in [2.24, 2.45) is 0 Å². The van der Waals surface area contributed by atoms with Gasteiger partial charge in [-0.2, -0.15) is 0 Å². The van der Waals surface area contributed by atoms with Crippen LogP contribution in [0.3, 0.4) is 0 Å². The van der Waals surface area contributed by atoms with E-state index in [4.69, 9.17) is 0 Å². The molecule has 1 N–H and O–H groups in total. The van der Waals surface area contributed by atoms with Crippen molar-refractivity contribution in [3.63, 3.8) is 0 Å². The Morgan fingerprint density at radius 2 is 1.72 bits per heavy atom. The van der Waals surface area contributed by atoms with Gasteiger partial charge in [-0.05, 0) is 27.4 Å². The first-order valence-corrected chi connectivity index (χ1v) is 7.43. The fourth-order valence-corrected chi connectivity index (χ4v) is 2.66. The van der Waals surface area contributed by atoms with Crippen LogP contribution in [0.1, 0.15) is 24.8 Å². The lowest BCUT2D eigenvalue weighted by molar-refractivity contribution is 0.0349. The van der Waals surface area contributed by atoms with Crippen LogP contribution < -0.4 is 0 Å². The Labute approximate surface area is 126 Å². The molecule has 0 saturated heterocycles. The van der Waals surface area contributed by atoms with Crippen LogP contribution >= 0.6 is 31.9 Å². The molecule has 0 fully saturated rings. The standard InChI is InChI=1S/C15H18Br2O/c1-12(16)8-9-15(18,10-13(2)17)11-14-6-4-3-5-7-14/h3-7,18H,1-2,8-11H2. The van der Waals surface area contributed by atoms with Crippen LogP contribution in [0, 0.1) is 0 Å². The lowest BCUT2D eigenvalue weighted by Gasteiger charge is -2.28. The number of allylic oxidation sites excluding steroid dienone is 1. The highest BCUT2D eigenvalue weighted by Gasteiger charge is 2.27. The summed E-state index contributed by atoms with van der Waals surface area (Å²) in [5.41, 5.74) is 0.354. The third-order valence-electron chi connectivity index (χ3n) is 2.76. The fourth-order valence-electron chi connectivity index (χ4n) is 1.94. The molecule has 1 unspecified atom stereocenters. The first-order chi connectivity index (χ1) is 8.41. The van der Waals surface area contributed by atoms with Gasteiger partial charge in [0.2, 0.25) is 0 Å². The summed E-state index contributed by atoms with van der Waals surface area (Å²) in [6.07, 6.45) is 2.58. The number of halogens is 2. The van der Waals surface area contributed by atoms with Gasteiger partial charge in [-0.15, -0.1) is 0 Å². The average molecular weight is 374 g/mol. The second-order valence-corrected chi connectivity index (χ2v) is 6.84. The van der Waals surface area contributed by atoms with Crippen LogP contribution in [0.4, 0.5) is 0 Å². The predicted octanol–water partition coefficient (Wildman–Crippen LogP) is 4.95. The zero-order valence-electron chi connectivity index (χ0n) is 10.3. The quantitative estimate of drug-likeness (QED) is 0.716. The Morgan fingerprint density at radius 3 is 2.22 bits per heavy atom. The van der Waals surface area contributed by atoms with E-state index in [1.54, 1.807) is 0 Å². The SMILES string of the molecule is C=C(Br)CCC(O)(CC(=C)Br)Cc1ccccc1. The minimum absolute atomic E-state index is 0.544. The molecule has 0 aliphatic rings. The van der Waals surface area contributed by atoms with Crippen LogP contribution in [0.25, 0.3) is 0 Å². The maximum atomic E-state index is 10.7. The van der Waals surface area contributed by atoms with Crippen molar-refractivity contribution in [3.05, 3.63) is 58.0 Å². The Balaban J connectivity index is 2.76. The van der Waals surface area contributed by atoms with E-state index in [2.05, 4.69) is 45.0 Å². The van der Waals surface area contributed by atoms with E-state index in [-0.39, 0.29) is 0 Å². The molecule has 0 radical (unpaired) electrons. The van der Waals surface area contributed by atoms with E-state index in [0.717, 1.165) is 20.9 Å². The molecule has 1 aromatic rings. The van der Waals surface area contributed by atoms with Gasteiger partial charge in [0, 0.05) is 12.8 Å². The van der Waals surface area contributed by atoms with Crippen molar-refractivity contribution >= 4 is 31.9 Å². The van der Waals surface area contributed by atoms with Crippen molar-refractivity contribution < 1.29 is 5.11 Å². The summed E-state index contributed by atoms with van der Waals surface area (Å²) in [6, 6.07) is 10.0. The molecule has 0 aliphatic heterocycles. The van der Waals surface area contributed by atoms with Crippen molar-refractivity contribution in [3.8, 4) is 0 Å². The molecule has 0 aromatic heterocycles. The average Bonchev–Trinajstić information content (AvgIpc) is 2.27. The van der Waals surface area contributed by atoms with E-state index in [1.807, 2.05) is 30.3 Å². The minimum Gasteiger partial charge on any atom is -0.389 e. The van der Waals surface area contributed by atoms with Crippen molar-refractivity contribution in [1.29, 1.82) is 0 Å². The van der Waals surface area contributed by atoms with Gasteiger partial charge in [0.15, 0.2) is 0 Å². The van der Waals surface area contributed by atoms with Gasteiger partial charge in [-0.1, -0.05) is 75.3 Å². The molecular weight excluding hydrogens is 356 g/mol. The van der Waals surface area contributed by atoms with Crippen LogP contribution in [0.5, 0.6) is 0 Å². The number of hydrogen-bond acceptors (Lipinski definition) is 1. The number of benzene rings is 1. The van der Waals surface area contributed by atoms with E-state index in [1.165, 1.54) is 0 Å². The van der Waals surface area contributed by atoms with E-state index >= 15 is 0 Å². The molecule has 0 heterocycles. The van der Waals surface area contributed by atoms with Crippen LogP contribution in [-0.4, -0.2) is 10.7 Å². The third-order valence-corrected chi connectivity index (χ3v) is 3.44. The van der Waals surface area contributed by atoms with Gasteiger partial charge in [-0.3, -0.25) is 0 Å². The maximum absolute atomic E-state index is 10.7. The summed E-state index contributed by atoms with van der Waals surface area (Å²) in [5.74, 6) is 0. The molecule has 3 heteroatoms. The fraction of sp³-hybridized carbons (Fsp3) is 0.333. The highest BCUT2D eigenvalue weighted by molar-refractivity contribution is 9.12. The predicted molar refractivity (Wildman–Crippen MR) is 85.1 cm³/mol. The molecule has 0 aliphatic carbocycles. The number of rotatable bonds is 7. The van der Waals surface area contributed by atoms with Gasteiger partial charge >= 0.3 is 0 Å². The summed E-state index contributed by atoms with van der Waals surface area (Å²) in [4.78, 5) is 0. The van der Waals surface area contributed by atoms with Gasteiger partial charge in [-0.25, -0.2) is 0 Å². The molecule has 1 rings (SSSR count). The maximum Gasteiger partial charge on any atom is 0.0736 e.